The average molecular weight is 169 g/mol. The van der Waals surface area contributed by atoms with Gasteiger partial charge in [-0.15, -0.1) is 0 Å². The van der Waals surface area contributed by atoms with Crippen molar-refractivity contribution < 1.29 is 4.79 Å². The summed E-state index contributed by atoms with van der Waals surface area (Å²) in [5.74, 6) is 0.203. The van der Waals surface area contributed by atoms with E-state index in [4.69, 9.17) is 0 Å². The van der Waals surface area contributed by atoms with Crippen molar-refractivity contribution in [2.45, 2.75) is 12.5 Å². The summed E-state index contributed by atoms with van der Waals surface area (Å²) in [7, 11) is 2.00. The lowest BCUT2D eigenvalue weighted by atomic mass is 9.89. The Hall–Kier alpha value is -0.610. The van der Waals surface area contributed by atoms with E-state index in [1.165, 1.54) is 0 Å². The van der Waals surface area contributed by atoms with Crippen LogP contribution in [0.15, 0.2) is 0 Å². The highest BCUT2D eigenvalue weighted by Gasteiger charge is 2.54. The summed E-state index contributed by atoms with van der Waals surface area (Å²) >= 11 is 0. The lowest BCUT2D eigenvalue weighted by Crippen LogP contribution is -2.70. The number of hydrogen-bond donors (Lipinski definition) is 1. The number of nitrogens with one attached hydrogen (secondary N) is 1. The first kappa shape index (κ1) is 8.01. The third-order valence-corrected chi connectivity index (χ3v) is 3.05. The second kappa shape index (κ2) is 2.44. The second-order valence-corrected chi connectivity index (χ2v) is 3.70. The minimum absolute atomic E-state index is 0.185. The second-order valence-electron chi connectivity index (χ2n) is 3.70. The van der Waals surface area contributed by atoms with Gasteiger partial charge in [0.2, 0.25) is 5.91 Å². The predicted octanol–water partition coefficient (Wildman–Crippen LogP) is -0.920. The average Bonchev–Trinajstić information content (AvgIpc) is 2.25. The van der Waals surface area contributed by atoms with Gasteiger partial charge in [-0.25, -0.2) is 0 Å². The molecule has 2 saturated heterocycles. The van der Waals surface area contributed by atoms with Crippen LogP contribution in [0.2, 0.25) is 0 Å². The van der Waals surface area contributed by atoms with Crippen LogP contribution >= 0.6 is 0 Å². The molecule has 2 aliphatic rings. The van der Waals surface area contributed by atoms with Gasteiger partial charge in [-0.3, -0.25) is 14.6 Å². The van der Waals surface area contributed by atoms with Gasteiger partial charge in [-0.05, 0) is 13.6 Å². The van der Waals surface area contributed by atoms with Gasteiger partial charge in [0.1, 0.15) is 5.54 Å². The van der Waals surface area contributed by atoms with Crippen LogP contribution in [0.1, 0.15) is 6.92 Å². The van der Waals surface area contributed by atoms with Gasteiger partial charge >= 0.3 is 0 Å². The maximum absolute atomic E-state index is 11.5. The molecule has 1 amide bonds. The molecule has 2 rings (SSSR count). The van der Waals surface area contributed by atoms with E-state index in [2.05, 4.69) is 22.0 Å². The van der Waals surface area contributed by atoms with E-state index in [9.17, 15) is 4.79 Å². The highest BCUT2D eigenvalue weighted by Crippen LogP contribution is 2.29. The molecule has 0 bridgehead atoms. The standard InChI is InChI=1S/C8H15N3O/c1-3-11-4-8(5-11)7(12)9-6-10(8)2/h3-6H2,1-2H3,(H,9,12). The number of rotatable bonds is 1. The zero-order chi connectivity index (χ0) is 8.77. The smallest absolute Gasteiger partial charge is 0.244 e. The van der Waals surface area contributed by atoms with Crippen LogP contribution in [0.3, 0.4) is 0 Å². The van der Waals surface area contributed by atoms with Crippen LogP contribution in [0.5, 0.6) is 0 Å². The molecule has 0 saturated carbocycles. The number of likely N-dealkylation sites (N-methyl/N-ethyl adjacent to an activating group) is 2. The molecule has 68 valence electrons. The molecule has 4 heteroatoms. The number of nitrogens with zero attached hydrogens (tertiary/aromatic N) is 2. The van der Waals surface area contributed by atoms with Crippen LogP contribution in [-0.2, 0) is 4.79 Å². The van der Waals surface area contributed by atoms with Crippen molar-refractivity contribution in [3.8, 4) is 0 Å². The van der Waals surface area contributed by atoms with E-state index in [1.807, 2.05) is 7.05 Å². The molecule has 0 radical (unpaired) electrons. The summed E-state index contributed by atoms with van der Waals surface area (Å²) < 4.78 is 0. The molecule has 4 nitrogen and oxygen atoms in total. The number of hydrogen-bond acceptors (Lipinski definition) is 3. The first-order valence-electron chi connectivity index (χ1n) is 4.41. The molecule has 12 heavy (non-hydrogen) atoms. The monoisotopic (exact) mass is 169 g/mol. The SMILES string of the molecule is CCN1CC2(C1)C(=O)NCN2C. The van der Waals surface area contributed by atoms with Crippen LogP contribution in [-0.4, -0.2) is 54.6 Å². The molecular weight excluding hydrogens is 154 g/mol. The number of carbonyl (C=O) groups excluding carboxylic acids is 1. The number of carbonyl (C=O) groups is 1. The van der Waals surface area contributed by atoms with E-state index >= 15 is 0 Å². The van der Waals surface area contributed by atoms with Gasteiger partial charge in [0.25, 0.3) is 0 Å². The molecule has 0 aliphatic carbocycles. The molecular formula is C8H15N3O. The Kier molecular flexibility index (Phi) is 1.63. The first-order chi connectivity index (χ1) is 5.69. The van der Waals surface area contributed by atoms with E-state index in [-0.39, 0.29) is 11.4 Å². The maximum atomic E-state index is 11.5. The van der Waals surface area contributed by atoms with Crippen molar-refractivity contribution in [3.05, 3.63) is 0 Å². The summed E-state index contributed by atoms with van der Waals surface area (Å²) in [6, 6.07) is 0. The molecule has 0 atom stereocenters. The van der Waals surface area contributed by atoms with Gasteiger partial charge in [-0.2, -0.15) is 0 Å². The fraction of sp³-hybridized carbons (Fsp3) is 0.875. The zero-order valence-corrected chi connectivity index (χ0v) is 7.63. The molecule has 0 aromatic heterocycles. The number of amides is 1. The Morgan fingerprint density at radius 1 is 1.58 bits per heavy atom. The summed E-state index contributed by atoms with van der Waals surface area (Å²) in [4.78, 5) is 15.9. The Labute approximate surface area is 72.5 Å². The molecule has 2 aliphatic heterocycles. The Balaban J connectivity index is 2.08. The molecule has 2 heterocycles. The fourth-order valence-corrected chi connectivity index (χ4v) is 1.98. The zero-order valence-electron chi connectivity index (χ0n) is 7.63. The van der Waals surface area contributed by atoms with Crippen molar-refractivity contribution in [1.82, 2.24) is 15.1 Å². The van der Waals surface area contributed by atoms with Crippen LogP contribution < -0.4 is 5.32 Å². The van der Waals surface area contributed by atoms with Crippen molar-refractivity contribution >= 4 is 5.91 Å². The van der Waals surface area contributed by atoms with E-state index in [0.29, 0.717) is 6.67 Å². The van der Waals surface area contributed by atoms with Crippen molar-refractivity contribution in [1.29, 1.82) is 0 Å². The van der Waals surface area contributed by atoms with E-state index < -0.39 is 0 Å². The predicted molar refractivity (Wildman–Crippen MR) is 45.6 cm³/mol. The minimum Gasteiger partial charge on any atom is -0.342 e. The van der Waals surface area contributed by atoms with Gasteiger partial charge in [0.05, 0.1) is 6.67 Å². The van der Waals surface area contributed by atoms with Crippen molar-refractivity contribution in [2.75, 3.05) is 33.4 Å². The van der Waals surface area contributed by atoms with Crippen molar-refractivity contribution in [3.63, 3.8) is 0 Å². The summed E-state index contributed by atoms with van der Waals surface area (Å²) in [5, 5.41) is 2.87. The van der Waals surface area contributed by atoms with Crippen molar-refractivity contribution in [2.24, 2.45) is 0 Å². The molecule has 0 aromatic carbocycles. The summed E-state index contributed by atoms with van der Waals surface area (Å²) in [6.45, 7) is 5.66. The van der Waals surface area contributed by atoms with Gasteiger partial charge < -0.3 is 5.32 Å². The quantitative estimate of drug-likeness (QED) is 0.551. The minimum atomic E-state index is -0.185. The topological polar surface area (TPSA) is 35.6 Å². The van der Waals surface area contributed by atoms with Crippen LogP contribution in [0.4, 0.5) is 0 Å². The van der Waals surface area contributed by atoms with Crippen LogP contribution in [0, 0.1) is 0 Å². The molecule has 1 spiro atoms. The van der Waals surface area contributed by atoms with Gasteiger partial charge in [0, 0.05) is 13.1 Å². The fourth-order valence-electron chi connectivity index (χ4n) is 1.98. The lowest BCUT2D eigenvalue weighted by molar-refractivity contribution is -0.135. The largest absolute Gasteiger partial charge is 0.342 e. The highest BCUT2D eigenvalue weighted by molar-refractivity contribution is 5.89. The normalized spacial score (nSPS) is 29.0. The third kappa shape index (κ3) is 0.820. The van der Waals surface area contributed by atoms with Gasteiger partial charge in [0.15, 0.2) is 0 Å². The third-order valence-electron chi connectivity index (χ3n) is 3.05. The Morgan fingerprint density at radius 2 is 2.25 bits per heavy atom. The van der Waals surface area contributed by atoms with Gasteiger partial charge in [-0.1, -0.05) is 6.92 Å². The summed E-state index contributed by atoms with van der Waals surface area (Å²) in [6.07, 6.45) is 0. The van der Waals surface area contributed by atoms with E-state index in [0.717, 1.165) is 19.6 Å². The number of likely N-dealkylation sites (tertiary alicyclic amines) is 1. The maximum Gasteiger partial charge on any atom is 0.244 e. The molecule has 0 aromatic rings. The van der Waals surface area contributed by atoms with E-state index in [1.54, 1.807) is 0 Å². The Morgan fingerprint density at radius 3 is 2.67 bits per heavy atom. The summed E-state index contributed by atoms with van der Waals surface area (Å²) in [5.41, 5.74) is -0.185. The highest BCUT2D eigenvalue weighted by atomic mass is 16.2. The molecule has 0 unspecified atom stereocenters. The Bertz CT molecular complexity index is 210. The first-order valence-corrected chi connectivity index (χ1v) is 4.41. The van der Waals surface area contributed by atoms with Crippen LogP contribution in [0.25, 0.3) is 0 Å². The molecule has 2 fully saturated rings. The molecule has 1 N–H and O–H groups in total. The lowest BCUT2D eigenvalue weighted by Gasteiger charge is -2.48.